The molecule has 3 nitrogen and oxygen atoms in total. The van der Waals surface area contributed by atoms with Gasteiger partial charge in [-0.15, -0.1) is 0 Å². The first-order chi connectivity index (χ1) is 8.10. The Morgan fingerprint density at radius 2 is 2.12 bits per heavy atom. The highest BCUT2D eigenvalue weighted by Gasteiger charge is 2.13. The van der Waals surface area contributed by atoms with Gasteiger partial charge in [0.1, 0.15) is 5.82 Å². The third-order valence-corrected chi connectivity index (χ3v) is 2.97. The Kier molecular flexibility index (Phi) is 5.72. The van der Waals surface area contributed by atoms with Gasteiger partial charge in [0.2, 0.25) is 0 Å². The fourth-order valence-electron chi connectivity index (χ4n) is 1.81. The van der Waals surface area contributed by atoms with E-state index in [9.17, 15) is 0 Å². The van der Waals surface area contributed by atoms with Gasteiger partial charge in [-0.1, -0.05) is 18.5 Å². The molecule has 1 aromatic heterocycles. The molecule has 4 heteroatoms. The van der Waals surface area contributed by atoms with Gasteiger partial charge in [-0.25, -0.2) is 4.98 Å². The van der Waals surface area contributed by atoms with Crippen molar-refractivity contribution < 1.29 is 0 Å². The SMILES string of the molecule is CCNCc1cnc(N(CC)C(C)C)c(Cl)c1. The number of aromatic nitrogens is 1. The molecule has 0 saturated heterocycles. The number of halogens is 1. The third kappa shape index (κ3) is 3.86. The molecule has 0 aromatic carbocycles. The van der Waals surface area contributed by atoms with E-state index in [2.05, 4.69) is 42.9 Å². The standard InChI is InChI=1S/C13H22ClN3/c1-5-15-8-11-7-12(14)13(16-9-11)17(6-2)10(3)4/h7,9-10,15H,5-6,8H2,1-4H3. The Morgan fingerprint density at radius 1 is 1.41 bits per heavy atom. The number of hydrogen-bond acceptors (Lipinski definition) is 3. The maximum atomic E-state index is 6.29. The second kappa shape index (κ2) is 6.82. The smallest absolute Gasteiger partial charge is 0.147 e. The van der Waals surface area contributed by atoms with Crippen LogP contribution in [0.2, 0.25) is 5.02 Å². The fourth-order valence-corrected chi connectivity index (χ4v) is 2.10. The van der Waals surface area contributed by atoms with E-state index in [0.717, 1.165) is 36.0 Å². The quantitative estimate of drug-likeness (QED) is 0.847. The van der Waals surface area contributed by atoms with E-state index in [1.807, 2.05) is 12.3 Å². The van der Waals surface area contributed by atoms with Crippen LogP contribution in [-0.2, 0) is 6.54 Å². The lowest BCUT2D eigenvalue weighted by atomic mass is 10.2. The van der Waals surface area contributed by atoms with Crippen LogP contribution in [-0.4, -0.2) is 24.1 Å². The number of hydrogen-bond donors (Lipinski definition) is 1. The molecule has 1 N–H and O–H groups in total. The van der Waals surface area contributed by atoms with Crippen molar-refractivity contribution >= 4 is 17.4 Å². The van der Waals surface area contributed by atoms with E-state index in [4.69, 9.17) is 11.6 Å². The molecule has 96 valence electrons. The fraction of sp³-hybridized carbons (Fsp3) is 0.615. The first kappa shape index (κ1) is 14.3. The molecule has 0 fully saturated rings. The van der Waals surface area contributed by atoms with Gasteiger partial charge >= 0.3 is 0 Å². The molecule has 1 aromatic rings. The van der Waals surface area contributed by atoms with Crippen LogP contribution < -0.4 is 10.2 Å². The topological polar surface area (TPSA) is 28.2 Å². The third-order valence-electron chi connectivity index (χ3n) is 2.69. The molecule has 0 aliphatic heterocycles. The summed E-state index contributed by atoms with van der Waals surface area (Å²) in [7, 11) is 0. The molecule has 0 aliphatic rings. The van der Waals surface area contributed by atoms with Crippen molar-refractivity contribution in [2.45, 2.75) is 40.3 Å². The Hall–Kier alpha value is -0.800. The molecule has 0 radical (unpaired) electrons. The van der Waals surface area contributed by atoms with E-state index < -0.39 is 0 Å². The molecule has 0 aliphatic carbocycles. The number of rotatable bonds is 6. The van der Waals surface area contributed by atoms with Crippen LogP contribution in [0.1, 0.15) is 33.3 Å². The predicted molar refractivity (Wildman–Crippen MR) is 74.8 cm³/mol. The van der Waals surface area contributed by atoms with Crippen molar-refractivity contribution in [3.8, 4) is 0 Å². The van der Waals surface area contributed by atoms with Crippen molar-refractivity contribution in [2.24, 2.45) is 0 Å². The molecule has 0 bridgehead atoms. The summed E-state index contributed by atoms with van der Waals surface area (Å²) in [6.45, 7) is 11.2. The molecule has 0 atom stereocenters. The van der Waals surface area contributed by atoms with Crippen molar-refractivity contribution in [1.29, 1.82) is 0 Å². The maximum Gasteiger partial charge on any atom is 0.147 e. The molecule has 0 spiro atoms. The van der Waals surface area contributed by atoms with Gasteiger partial charge in [-0.2, -0.15) is 0 Å². The molecule has 1 heterocycles. The minimum atomic E-state index is 0.407. The van der Waals surface area contributed by atoms with E-state index in [-0.39, 0.29) is 0 Å². The summed E-state index contributed by atoms with van der Waals surface area (Å²) in [6.07, 6.45) is 1.90. The summed E-state index contributed by atoms with van der Waals surface area (Å²) < 4.78 is 0. The van der Waals surface area contributed by atoms with Crippen molar-refractivity contribution in [3.63, 3.8) is 0 Å². The van der Waals surface area contributed by atoms with E-state index in [1.165, 1.54) is 0 Å². The second-order valence-electron chi connectivity index (χ2n) is 4.31. The largest absolute Gasteiger partial charge is 0.353 e. The summed E-state index contributed by atoms with van der Waals surface area (Å²) >= 11 is 6.29. The Balaban J connectivity index is 2.88. The second-order valence-corrected chi connectivity index (χ2v) is 4.72. The Morgan fingerprint density at radius 3 is 2.59 bits per heavy atom. The first-order valence-corrected chi connectivity index (χ1v) is 6.59. The van der Waals surface area contributed by atoms with Crippen molar-refractivity contribution in [1.82, 2.24) is 10.3 Å². The van der Waals surface area contributed by atoms with E-state index in [1.54, 1.807) is 0 Å². The highest BCUT2D eigenvalue weighted by molar-refractivity contribution is 6.33. The lowest BCUT2D eigenvalue weighted by molar-refractivity contribution is 0.690. The normalized spacial score (nSPS) is 10.9. The lowest BCUT2D eigenvalue weighted by Gasteiger charge is -2.27. The number of pyridine rings is 1. The lowest BCUT2D eigenvalue weighted by Crippen LogP contribution is -2.31. The highest BCUT2D eigenvalue weighted by atomic mass is 35.5. The zero-order chi connectivity index (χ0) is 12.8. The molecule has 0 unspecified atom stereocenters. The average molecular weight is 256 g/mol. The van der Waals surface area contributed by atoms with Crippen LogP contribution in [0.3, 0.4) is 0 Å². The number of nitrogens with zero attached hydrogens (tertiary/aromatic N) is 2. The van der Waals surface area contributed by atoms with Gasteiger partial charge in [-0.3, -0.25) is 0 Å². The van der Waals surface area contributed by atoms with Crippen LogP contribution in [0.25, 0.3) is 0 Å². The van der Waals surface area contributed by atoms with Crippen LogP contribution >= 0.6 is 11.6 Å². The average Bonchev–Trinajstić information content (AvgIpc) is 2.29. The molecular weight excluding hydrogens is 234 g/mol. The molecular formula is C13H22ClN3. The molecule has 17 heavy (non-hydrogen) atoms. The Bertz CT molecular complexity index is 353. The first-order valence-electron chi connectivity index (χ1n) is 6.21. The van der Waals surface area contributed by atoms with Gasteiger partial charge in [-0.05, 0) is 38.9 Å². The highest BCUT2D eigenvalue weighted by Crippen LogP contribution is 2.25. The predicted octanol–water partition coefficient (Wildman–Crippen LogP) is 3.08. The summed E-state index contributed by atoms with van der Waals surface area (Å²) in [5.74, 6) is 0.879. The van der Waals surface area contributed by atoms with Crippen LogP contribution in [0, 0.1) is 0 Å². The molecule has 1 rings (SSSR count). The minimum Gasteiger partial charge on any atom is -0.353 e. The van der Waals surface area contributed by atoms with Crippen LogP contribution in [0.4, 0.5) is 5.82 Å². The summed E-state index contributed by atoms with van der Waals surface area (Å²) in [6, 6.07) is 2.40. The van der Waals surface area contributed by atoms with Gasteiger partial charge in [0.25, 0.3) is 0 Å². The van der Waals surface area contributed by atoms with Gasteiger partial charge < -0.3 is 10.2 Å². The summed E-state index contributed by atoms with van der Waals surface area (Å²) in [4.78, 5) is 6.67. The van der Waals surface area contributed by atoms with Gasteiger partial charge in [0.05, 0.1) is 5.02 Å². The zero-order valence-electron chi connectivity index (χ0n) is 11.1. The van der Waals surface area contributed by atoms with Gasteiger partial charge in [0.15, 0.2) is 0 Å². The number of anilines is 1. The monoisotopic (exact) mass is 255 g/mol. The van der Waals surface area contributed by atoms with Crippen molar-refractivity contribution in [3.05, 3.63) is 22.8 Å². The maximum absolute atomic E-state index is 6.29. The van der Waals surface area contributed by atoms with Crippen LogP contribution in [0.5, 0.6) is 0 Å². The Labute approximate surface area is 109 Å². The minimum absolute atomic E-state index is 0.407. The molecule has 0 saturated carbocycles. The van der Waals surface area contributed by atoms with E-state index in [0.29, 0.717) is 6.04 Å². The number of nitrogens with one attached hydrogen (secondary N) is 1. The summed E-state index contributed by atoms with van der Waals surface area (Å²) in [5.41, 5.74) is 1.13. The summed E-state index contributed by atoms with van der Waals surface area (Å²) in [5, 5.41) is 4.00. The zero-order valence-corrected chi connectivity index (χ0v) is 11.9. The van der Waals surface area contributed by atoms with E-state index >= 15 is 0 Å². The van der Waals surface area contributed by atoms with Crippen LogP contribution in [0.15, 0.2) is 12.3 Å². The molecule has 0 amide bonds. The van der Waals surface area contributed by atoms with Crippen molar-refractivity contribution in [2.75, 3.05) is 18.0 Å². The van der Waals surface area contributed by atoms with Gasteiger partial charge in [0, 0.05) is 25.3 Å².